The highest BCUT2D eigenvalue weighted by Gasteiger charge is 2.29. The normalized spacial score (nSPS) is 11.5. The Morgan fingerprint density at radius 3 is 0.581 bits per heavy atom. The summed E-state index contributed by atoms with van der Waals surface area (Å²) < 4.78 is 9.48. The molecule has 0 fully saturated rings. The van der Waals surface area contributed by atoms with Crippen molar-refractivity contribution in [3.05, 3.63) is 546 Å². The van der Waals surface area contributed by atoms with E-state index in [4.69, 9.17) is 29.9 Å². The van der Waals surface area contributed by atoms with Gasteiger partial charge >= 0.3 is 0 Å². The lowest BCUT2D eigenvalue weighted by atomic mass is 9.94. The third-order valence-corrected chi connectivity index (χ3v) is 28.7. The van der Waals surface area contributed by atoms with E-state index in [0.29, 0.717) is 35.2 Å². The predicted molar refractivity (Wildman–Crippen MR) is 613 cm³/mol. The number of rotatable bonds is 18. The van der Waals surface area contributed by atoms with Crippen LogP contribution in [0.15, 0.2) is 546 Å². The second kappa shape index (κ2) is 37.5. The molecule has 0 radical (unpaired) electrons. The number of aromatic nitrogens is 10. The van der Waals surface area contributed by atoms with Crippen LogP contribution in [0.4, 0.5) is 0 Å². The smallest absolute Gasteiger partial charge is 0.238 e. The number of benzene rings is 22. The molecular weight excluding hydrogens is 1800 g/mol. The summed E-state index contributed by atoms with van der Waals surface area (Å²) in [7, 11) is 0. The number of para-hydroxylation sites is 4. The summed E-state index contributed by atoms with van der Waals surface area (Å²) in [5.41, 5.74) is 37.2. The minimum absolute atomic E-state index is 0.543. The van der Waals surface area contributed by atoms with Gasteiger partial charge in [-0.25, -0.2) is 9.97 Å². The second-order valence-corrected chi connectivity index (χ2v) is 37.6. The first-order valence-corrected chi connectivity index (χ1v) is 50.2. The second-order valence-electron chi connectivity index (χ2n) is 37.6. The topological polar surface area (TPSA) is 97.1 Å². The van der Waals surface area contributed by atoms with E-state index in [9.17, 15) is 0 Å². The molecule has 28 rings (SSSR count). The van der Waals surface area contributed by atoms with Gasteiger partial charge in [0.25, 0.3) is 0 Å². The standard InChI is InChI=1S/2C69H45N5/c1-5-19-46(20-6-1)49-35-37-50(38-36-49)52-27-17-29-54(41-52)57-43-56(48-23-9-3-10-24-48)44-58(45-57)73-63-33-15-13-31-59(63)61-39-40-62-60-32-14-16-34-64(60)74(66(62)65(61)73)69-71-67(51-25-11-4-12-26-51)70-68(72-69)55-30-18-28-53(42-55)47-21-7-2-8-22-47;1-5-18-46(19-6-1)49-32-34-51(35-33-49)54-26-17-27-55(42-54)57-43-56(48-22-9-3-10-23-48)44-58(45-57)73-63-30-15-13-28-59(63)61-40-41-62-60-29-14-16-31-64(60)74(66(62)65(61)73)69-71-67(52-24-11-4-12-25-52)70-68(72-69)53-38-36-50(37-39-53)47-20-7-2-8-21-47/h2*1-45H. The van der Waals surface area contributed by atoms with E-state index in [0.717, 1.165) is 199 Å². The quantitative estimate of drug-likeness (QED) is 0.0849. The summed E-state index contributed by atoms with van der Waals surface area (Å²) >= 11 is 0. The zero-order valence-corrected chi connectivity index (χ0v) is 80.4. The van der Waals surface area contributed by atoms with Gasteiger partial charge < -0.3 is 9.13 Å². The molecule has 0 saturated heterocycles. The van der Waals surface area contributed by atoms with E-state index in [-0.39, 0.29) is 0 Å². The highest BCUT2D eigenvalue weighted by molar-refractivity contribution is 6.26. The Hall–Kier alpha value is -19.9. The lowest BCUT2D eigenvalue weighted by molar-refractivity contribution is 0.953. The summed E-state index contributed by atoms with van der Waals surface area (Å²) in [6.45, 7) is 0. The Labute approximate surface area is 855 Å². The van der Waals surface area contributed by atoms with Crippen LogP contribution in [0.25, 0.3) is 267 Å². The van der Waals surface area contributed by atoms with Crippen molar-refractivity contribution >= 4 is 87.2 Å². The lowest BCUT2D eigenvalue weighted by Crippen LogP contribution is -2.07. The van der Waals surface area contributed by atoms with Crippen LogP contribution in [0, 0.1) is 0 Å². The molecule has 692 valence electrons. The van der Waals surface area contributed by atoms with Crippen molar-refractivity contribution in [2.24, 2.45) is 0 Å². The number of hydrogen-bond donors (Lipinski definition) is 0. The molecule has 0 spiro atoms. The summed E-state index contributed by atoms with van der Waals surface area (Å²) in [4.78, 5) is 32.1. The Morgan fingerprint density at radius 1 is 0.108 bits per heavy atom. The largest absolute Gasteiger partial charge is 0.307 e. The third-order valence-electron chi connectivity index (χ3n) is 28.7. The van der Waals surface area contributed by atoms with Crippen molar-refractivity contribution in [1.82, 2.24) is 48.2 Å². The molecule has 6 aromatic heterocycles. The fourth-order valence-electron chi connectivity index (χ4n) is 21.6. The number of hydrogen-bond acceptors (Lipinski definition) is 6. The van der Waals surface area contributed by atoms with Crippen LogP contribution in [-0.4, -0.2) is 48.2 Å². The molecular formula is C138H90N10. The third kappa shape index (κ3) is 16.1. The molecule has 6 heterocycles. The minimum atomic E-state index is 0.543. The van der Waals surface area contributed by atoms with Crippen molar-refractivity contribution in [3.8, 4) is 180 Å². The number of fused-ring (bicyclic) bond motifs is 14. The zero-order chi connectivity index (χ0) is 97.9. The number of nitrogens with zero attached hydrogens (tertiary/aromatic N) is 10. The first-order chi connectivity index (χ1) is 73.4. The van der Waals surface area contributed by atoms with Crippen LogP contribution in [0.1, 0.15) is 0 Å². The van der Waals surface area contributed by atoms with E-state index < -0.39 is 0 Å². The molecule has 0 amide bonds. The van der Waals surface area contributed by atoms with Crippen LogP contribution in [0.2, 0.25) is 0 Å². The van der Waals surface area contributed by atoms with Gasteiger partial charge in [0.1, 0.15) is 0 Å². The van der Waals surface area contributed by atoms with E-state index in [2.05, 4.69) is 516 Å². The van der Waals surface area contributed by atoms with Crippen LogP contribution >= 0.6 is 0 Å². The van der Waals surface area contributed by atoms with Gasteiger partial charge in [-0.1, -0.05) is 467 Å². The summed E-state index contributed by atoms with van der Waals surface area (Å²) in [5.74, 6) is 3.49. The molecule has 28 aromatic rings. The first-order valence-electron chi connectivity index (χ1n) is 50.2. The van der Waals surface area contributed by atoms with Crippen molar-refractivity contribution in [1.29, 1.82) is 0 Å². The predicted octanol–water partition coefficient (Wildman–Crippen LogP) is 35.5. The molecule has 0 bridgehead atoms. The molecule has 148 heavy (non-hydrogen) atoms. The maximum absolute atomic E-state index is 5.46. The molecule has 0 saturated carbocycles. The maximum Gasteiger partial charge on any atom is 0.238 e. The molecule has 0 N–H and O–H groups in total. The molecule has 0 aliphatic carbocycles. The highest BCUT2D eigenvalue weighted by atomic mass is 15.2. The molecule has 0 aliphatic rings. The summed E-state index contributed by atoms with van der Waals surface area (Å²) in [6.07, 6.45) is 0. The van der Waals surface area contributed by atoms with Crippen LogP contribution in [-0.2, 0) is 0 Å². The van der Waals surface area contributed by atoms with Crippen LogP contribution in [0.5, 0.6) is 0 Å². The van der Waals surface area contributed by atoms with Gasteiger partial charge in [-0.15, -0.1) is 0 Å². The Balaban J connectivity index is 0.000000146. The van der Waals surface area contributed by atoms with Gasteiger partial charge in [-0.3, -0.25) is 9.13 Å². The van der Waals surface area contributed by atoms with Crippen molar-refractivity contribution < 1.29 is 0 Å². The molecule has 10 heteroatoms. The highest BCUT2D eigenvalue weighted by Crippen LogP contribution is 2.48. The molecule has 0 atom stereocenters. The van der Waals surface area contributed by atoms with Crippen molar-refractivity contribution in [3.63, 3.8) is 0 Å². The van der Waals surface area contributed by atoms with Gasteiger partial charge in [0, 0.05) is 76.7 Å². The van der Waals surface area contributed by atoms with Gasteiger partial charge in [-0.05, 0) is 190 Å². The van der Waals surface area contributed by atoms with Gasteiger partial charge in [0.2, 0.25) is 11.9 Å². The average molecular weight is 1890 g/mol. The van der Waals surface area contributed by atoms with Gasteiger partial charge in [0.05, 0.1) is 44.1 Å². The average Bonchev–Trinajstić information content (AvgIpc) is 1.54. The SMILES string of the molecule is c1ccc(-c2ccc(-c3cccc(-c4cc(-c5ccccc5)cc(-n5c6ccccc6c6ccc7c8ccccc8n(-c8nc(-c9ccccc9)nc(-c9ccc(-c%10ccccc%10)cc9)n8)c7c65)c4)c3)cc2)cc1.c1ccc(-c2ccc(-c3cccc(-c4cc(-c5ccccc5)cc(-n5c6ccccc6c6ccc7c8ccccc8n(-c8nc(-c9ccccc9)nc(-c9cccc(-c%10ccccc%10)c9)n8)c7c65)c4)c3)cc2)cc1. The van der Waals surface area contributed by atoms with Crippen molar-refractivity contribution in [2.75, 3.05) is 0 Å². The fraction of sp³-hybridized carbons (Fsp3) is 0. The van der Waals surface area contributed by atoms with Crippen LogP contribution < -0.4 is 0 Å². The molecule has 0 unspecified atom stereocenters. The van der Waals surface area contributed by atoms with Crippen molar-refractivity contribution in [2.45, 2.75) is 0 Å². The van der Waals surface area contributed by atoms with Gasteiger partial charge in [-0.2, -0.15) is 19.9 Å². The zero-order valence-electron chi connectivity index (χ0n) is 80.4. The monoisotopic (exact) mass is 1890 g/mol. The Bertz CT molecular complexity index is 9900. The van der Waals surface area contributed by atoms with E-state index in [1.54, 1.807) is 0 Å². The lowest BCUT2D eigenvalue weighted by Gasteiger charge is -2.16. The Kier molecular flexibility index (Phi) is 22.1. The van der Waals surface area contributed by atoms with E-state index in [1.165, 1.54) is 33.4 Å². The van der Waals surface area contributed by atoms with E-state index >= 15 is 0 Å². The molecule has 0 aliphatic heterocycles. The maximum atomic E-state index is 5.46. The van der Waals surface area contributed by atoms with Crippen LogP contribution in [0.3, 0.4) is 0 Å². The fourth-order valence-corrected chi connectivity index (χ4v) is 21.6. The minimum Gasteiger partial charge on any atom is -0.307 e. The summed E-state index contributed by atoms with van der Waals surface area (Å²) in [5, 5.41) is 9.04. The van der Waals surface area contributed by atoms with Gasteiger partial charge in [0.15, 0.2) is 23.3 Å². The Morgan fingerprint density at radius 2 is 0.284 bits per heavy atom. The molecule has 10 nitrogen and oxygen atoms in total. The van der Waals surface area contributed by atoms with E-state index in [1.807, 2.05) is 48.5 Å². The summed E-state index contributed by atoms with van der Waals surface area (Å²) in [6, 6.07) is 195. The molecule has 22 aromatic carbocycles. The first kappa shape index (κ1) is 87.1.